The van der Waals surface area contributed by atoms with E-state index in [4.69, 9.17) is 9.84 Å². The van der Waals surface area contributed by atoms with Crippen LogP contribution in [0, 0.1) is 0 Å². The molecule has 0 fully saturated rings. The zero-order chi connectivity index (χ0) is 17.2. The molecule has 0 aliphatic rings. The van der Waals surface area contributed by atoms with Gasteiger partial charge in [0.05, 0.1) is 12.6 Å². The summed E-state index contributed by atoms with van der Waals surface area (Å²) >= 11 is 0. The van der Waals surface area contributed by atoms with E-state index in [0.717, 1.165) is 16.9 Å². The maximum absolute atomic E-state index is 11.7. The lowest BCUT2D eigenvalue weighted by molar-refractivity contribution is 0.214. The molecule has 1 atom stereocenters. The first-order valence-electron chi connectivity index (χ1n) is 8.12. The predicted molar refractivity (Wildman–Crippen MR) is 93.8 cm³/mol. The molecule has 0 aliphatic heterocycles. The molecule has 2 aromatic rings. The number of urea groups is 1. The lowest BCUT2D eigenvalue weighted by atomic mass is 10.2. The molecular formula is C19H24N2O3. The van der Waals surface area contributed by atoms with E-state index in [1.807, 2.05) is 61.5 Å². The normalized spacial score (nSPS) is 11.6. The van der Waals surface area contributed by atoms with Gasteiger partial charge in [-0.1, -0.05) is 49.4 Å². The Hall–Kier alpha value is -2.53. The van der Waals surface area contributed by atoms with Gasteiger partial charge in [0.15, 0.2) is 0 Å². The molecule has 24 heavy (non-hydrogen) atoms. The average molecular weight is 328 g/mol. The van der Waals surface area contributed by atoms with Crippen LogP contribution >= 0.6 is 0 Å². The number of aliphatic hydroxyl groups excluding tert-OH is 1. The summed E-state index contributed by atoms with van der Waals surface area (Å²) in [5, 5.41) is 14.6. The molecule has 0 saturated carbocycles. The third-order valence-corrected chi connectivity index (χ3v) is 3.67. The van der Waals surface area contributed by atoms with Gasteiger partial charge in [-0.15, -0.1) is 0 Å². The Kier molecular flexibility index (Phi) is 7.11. The summed E-state index contributed by atoms with van der Waals surface area (Å²) in [7, 11) is 0. The second-order valence-corrected chi connectivity index (χ2v) is 5.53. The molecule has 0 spiro atoms. The Morgan fingerprint density at radius 1 is 1.08 bits per heavy atom. The van der Waals surface area contributed by atoms with Crippen molar-refractivity contribution in [1.29, 1.82) is 0 Å². The molecule has 5 heteroatoms. The molecule has 0 radical (unpaired) electrons. The van der Waals surface area contributed by atoms with E-state index < -0.39 is 0 Å². The van der Waals surface area contributed by atoms with Gasteiger partial charge in [-0.05, 0) is 29.7 Å². The second-order valence-electron chi connectivity index (χ2n) is 5.53. The molecule has 0 aromatic heterocycles. The molecule has 0 bridgehead atoms. The maximum Gasteiger partial charge on any atom is 0.315 e. The van der Waals surface area contributed by atoms with Gasteiger partial charge in [-0.3, -0.25) is 0 Å². The van der Waals surface area contributed by atoms with Crippen molar-refractivity contribution in [1.82, 2.24) is 10.6 Å². The Bertz CT molecular complexity index is 610. The van der Waals surface area contributed by atoms with Crippen molar-refractivity contribution in [2.45, 2.75) is 32.5 Å². The Balaban J connectivity index is 1.76. The largest absolute Gasteiger partial charge is 0.489 e. The number of ether oxygens (including phenoxy) is 1. The van der Waals surface area contributed by atoms with Crippen LogP contribution in [0.25, 0.3) is 0 Å². The first kappa shape index (κ1) is 17.8. The highest BCUT2D eigenvalue weighted by Gasteiger charge is 2.08. The first-order chi connectivity index (χ1) is 11.7. The summed E-state index contributed by atoms with van der Waals surface area (Å²) in [5.41, 5.74) is 2.10. The summed E-state index contributed by atoms with van der Waals surface area (Å²) in [6.45, 7) is 2.81. The lowest BCUT2D eigenvalue weighted by Crippen LogP contribution is -2.43. The zero-order valence-corrected chi connectivity index (χ0v) is 13.9. The second kappa shape index (κ2) is 9.57. The highest BCUT2D eigenvalue weighted by Crippen LogP contribution is 2.14. The standard InChI is InChI=1S/C19H24N2O3/c1-2-17(13-22)21-19(23)20-12-15-8-10-18(11-9-15)24-14-16-6-4-3-5-7-16/h3-11,17,22H,2,12-14H2,1H3,(H2,20,21,23). The van der Waals surface area contributed by atoms with Crippen molar-refractivity contribution in [2.24, 2.45) is 0 Å². The molecule has 2 aromatic carbocycles. The van der Waals surface area contributed by atoms with Crippen LogP contribution in [0.1, 0.15) is 24.5 Å². The number of hydrogen-bond donors (Lipinski definition) is 3. The van der Waals surface area contributed by atoms with Crippen molar-refractivity contribution >= 4 is 6.03 Å². The molecule has 3 N–H and O–H groups in total. The van der Waals surface area contributed by atoms with Crippen molar-refractivity contribution in [3.8, 4) is 5.75 Å². The summed E-state index contributed by atoms with van der Waals surface area (Å²) < 4.78 is 5.73. The Morgan fingerprint density at radius 2 is 1.79 bits per heavy atom. The maximum atomic E-state index is 11.7. The van der Waals surface area contributed by atoms with Gasteiger partial charge in [-0.2, -0.15) is 0 Å². The molecular weight excluding hydrogens is 304 g/mol. The van der Waals surface area contributed by atoms with Gasteiger partial charge in [-0.25, -0.2) is 4.79 Å². The lowest BCUT2D eigenvalue weighted by Gasteiger charge is -2.14. The van der Waals surface area contributed by atoms with Crippen molar-refractivity contribution < 1.29 is 14.6 Å². The smallest absolute Gasteiger partial charge is 0.315 e. The quantitative estimate of drug-likeness (QED) is 0.698. The van der Waals surface area contributed by atoms with E-state index in [1.165, 1.54) is 0 Å². The van der Waals surface area contributed by atoms with E-state index >= 15 is 0 Å². The van der Waals surface area contributed by atoms with Crippen molar-refractivity contribution in [3.05, 3.63) is 65.7 Å². The highest BCUT2D eigenvalue weighted by molar-refractivity contribution is 5.74. The van der Waals surface area contributed by atoms with Crippen LogP contribution in [-0.4, -0.2) is 23.8 Å². The van der Waals surface area contributed by atoms with Gasteiger partial charge >= 0.3 is 6.03 Å². The molecule has 2 rings (SSSR count). The number of aliphatic hydroxyl groups is 1. The minimum atomic E-state index is -0.277. The van der Waals surface area contributed by atoms with E-state index in [1.54, 1.807) is 0 Å². The number of benzene rings is 2. The molecule has 1 unspecified atom stereocenters. The monoisotopic (exact) mass is 328 g/mol. The van der Waals surface area contributed by atoms with Crippen LogP contribution < -0.4 is 15.4 Å². The first-order valence-corrected chi connectivity index (χ1v) is 8.12. The fraction of sp³-hybridized carbons (Fsp3) is 0.316. The topological polar surface area (TPSA) is 70.6 Å². The van der Waals surface area contributed by atoms with Gasteiger partial charge in [0.2, 0.25) is 0 Å². The minimum Gasteiger partial charge on any atom is -0.489 e. The molecule has 0 heterocycles. The van der Waals surface area contributed by atoms with Gasteiger partial charge in [0.1, 0.15) is 12.4 Å². The summed E-state index contributed by atoms with van der Waals surface area (Å²) in [4.78, 5) is 11.7. The van der Waals surface area contributed by atoms with E-state index in [2.05, 4.69) is 10.6 Å². The third kappa shape index (κ3) is 5.93. The summed E-state index contributed by atoms with van der Waals surface area (Å²) in [6, 6.07) is 17.1. The van der Waals surface area contributed by atoms with Crippen molar-refractivity contribution in [2.75, 3.05) is 6.61 Å². The van der Waals surface area contributed by atoms with Crippen LogP contribution in [0.3, 0.4) is 0 Å². The average Bonchev–Trinajstić information content (AvgIpc) is 2.64. The van der Waals surface area contributed by atoms with Gasteiger partial charge in [0, 0.05) is 6.54 Å². The van der Waals surface area contributed by atoms with Crippen LogP contribution in [-0.2, 0) is 13.2 Å². The van der Waals surface area contributed by atoms with E-state index in [0.29, 0.717) is 19.6 Å². The number of amides is 2. The number of carbonyl (C=O) groups is 1. The van der Waals surface area contributed by atoms with Crippen molar-refractivity contribution in [3.63, 3.8) is 0 Å². The van der Waals surface area contributed by atoms with Crippen LogP contribution in [0.5, 0.6) is 5.75 Å². The van der Waals surface area contributed by atoms with E-state index in [-0.39, 0.29) is 18.7 Å². The Morgan fingerprint density at radius 3 is 2.42 bits per heavy atom. The number of nitrogens with one attached hydrogen (secondary N) is 2. The van der Waals surface area contributed by atoms with Gasteiger partial charge < -0.3 is 20.5 Å². The number of rotatable bonds is 8. The zero-order valence-electron chi connectivity index (χ0n) is 13.9. The van der Waals surface area contributed by atoms with E-state index in [9.17, 15) is 4.79 Å². The van der Waals surface area contributed by atoms with Gasteiger partial charge in [0.25, 0.3) is 0 Å². The van der Waals surface area contributed by atoms with Crippen LogP contribution in [0.2, 0.25) is 0 Å². The minimum absolute atomic E-state index is 0.0582. The third-order valence-electron chi connectivity index (χ3n) is 3.67. The molecule has 128 valence electrons. The summed E-state index contributed by atoms with van der Waals surface area (Å²) in [6.07, 6.45) is 0.692. The molecule has 5 nitrogen and oxygen atoms in total. The summed E-state index contributed by atoms with van der Waals surface area (Å²) in [5.74, 6) is 0.790. The Labute approximate surface area is 142 Å². The predicted octanol–water partition coefficient (Wildman–Crippen LogP) is 2.84. The fourth-order valence-corrected chi connectivity index (χ4v) is 2.14. The number of carbonyl (C=O) groups excluding carboxylic acids is 1. The SMILES string of the molecule is CCC(CO)NC(=O)NCc1ccc(OCc2ccccc2)cc1. The highest BCUT2D eigenvalue weighted by atomic mass is 16.5. The molecule has 2 amide bonds. The molecule has 0 saturated heterocycles. The molecule has 0 aliphatic carbocycles. The van der Waals surface area contributed by atoms with Crippen LogP contribution in [0.4, 0.5) is 4.79 Å². The number of hydrogen-bond acceptors (Lipinski definition) is 3. The van der Waals surface area contributed by atoms with Crippen LogP contribution in [0.15, 0.2) is 54.6 Å². The fourth-order valence-electron chi connectivity index (χ4n) is 2.14.